The molecule has 0 unspecified atom stereocenters. The number of carbonyl (C=O) groups excluding carboxylic acids is 3. The van der Waals surface area contributed by atoms with Crippen molar-refractivity contribution in [2.45, 2.75) is 123 Å². The summed E-state index contributed by atoms with van der Waals surface area (Å²) in [4.78, 5) is 61.8. The van der Waals surface area contributed by atoms with E-state index in [2.05, 4.69) is 80.8 Å². The second-order valence-corrected chi connectivity index (χ2v) is 23.8. The lowest BCUT2D eigenvalue weighted by atomic mass is 9.85. The number of nitrogens with one attached hydrogen (secondary N) is 5. The fraction of sp³-hybridized carbons (Fsp3) is 0.475. The molecule has 1 aliphatic carbocycles. The number of hydrogen-bond acceptors (Lipinski definition) is 17. The van der Waals surface area contributed by atoms with Crippen LogP contribution in [0.3, 0.4) is 0 Å². The van der Waals surface area contributed by atoms with Gasteiger partial charge in [0, 0.05) is 73.1 Å². The number of alkyl halides is 1. The first kappa shape index (κ1) is 58.8. The van der Waals surface area contributed by atoms with Crippen LogP contribution in [0.2, 0.25) is 0 Å². The Morgan fingerprint density at radius 2 is 1.75 bits per heavy atom. The van der Waals surface area contributed by atoms with Gasteiger partial charge in [-0.25, -0.2) is 9.37 Å². The Labute approximate surface area is 486 Å². The molecule has 83 heavy (non-hydrogen) atoms. The number of piperidine rings is 1. The Bertz CT molecular complexity index is 3410. The Morgan fingerprint density at radius 3 is 2.51 bits per heavy atom. The standard InChI is InChI=1S/C61H75FN12O8S/c1-37(2)48-34-69-74-54(48)71-59(82-45-11-9-20-63-33-45)72-58(74)67-31-41-10-7-8-12-46(41)51-47-16-15-43(28-39(47)17-21-65-51)64-22-23-79-24-25-80-26-27-81-50-29-40(52-38(3)68-36-83-52)13-14-42(50)32-66-55(76)49-30-44(75)35-73(49)56(77)53(60(4,5)6)70-57(78)61(62)18-19-61/h7-8,10,12-17,21,28-29,34,36-37,44-45,49,53,63-64,75H,9,11,18-20,22-27,30-33,35H2,1-6H3,(H,66,76)(H,70,78)(H,67,71,72)/t44-,45-,49+,53-/m1/s1. The third-order valence-corrected chi connectivity index (χ3v) is 16.3. The molecule has 3 amide bonds. The fourth-order valence-corrected chi connectivity index (χ4v) is 11.3. The van der Waals surface area contributed by atoms with Gasteiger partial charge in [-0.1, -0.05) is 77.1 Å². The van der Waals surface area contributed by atoms with Crippen molar-refractivity contribution in [1.82, 2.24) is 50.4 Å². The largest absolute Gasteiger partial charge is 0.491 e. The van der Waals surface area contributed by atoms with Crippen molar-refractivity contribution in [3.05, 3.63) is 107 Å². The molecule has 4 atom stereocenters. The molecule has 2 aliphatic heterocycles. The highest BCUT2D eigenvalue weighted by Gasteiger charge is 2.53. The molecule has 0 bridgehead atoms. The SMILES string of the molecule is Cc1ncsc1-c1ccc(CNC(=O)[C@@H]2C[C@@H](O)CN2C(=O)[C@@H](NC(=O)C2(F)CC2)C(C)(C)C)c(OCCOCCOCCNc2ccc3c(-c4ccccc4CNc4nc(O[C@@H]5CCCNC5)nc5c(C(C)C)cnn45)nccc3c2)c1. The molecule has 20 nitrogen and oxygen atoms in total. The Balaban J connectivity index is 0.694. The maximum Gasteiger partial charge on any atom is 0.322 e. The van der Waals surface area contributed by atoms with Crippen LogP contribution in [0.25, 0.3) is 38.1 Å². The minimum Gasteiger partial charge on any atom is -0.491 e. The lowest BCUT2D eigenvalue weighted by Crippen LogP contribution is -2.59. The average Bonchev–Trinajstić information content (AvgIpc) is 3.97. The summed E-state index contributed by atoms with van der Waals surface area (Å²) in [6, 6.07) is 20.5. The molecule has 4 aromatic heterocycles. The molecule has 22 heteroatoms. The van der Waals surface area contributed by atoms with Gasteiger partial charge in [-0.2, -0.15) is 19.6 Å². The van der Waals surface area contributed by atoms with Crippen molar-refractivity contribution >= 4 is 57.1 Å². The number of aliphatic hydroxyl groups excluding tert-OH is 1. The molecule has 6 heterocycles. The van der Waals surface area contributed by atoms with E-state index in [0.29, 0.717) is 56.2 Å². The topological polar surface area (TPSA) is 241 Å². The van der Waals surface area contributed by atoms with Crippen LogP contribution < -0.4 is 36.1 Å². The van der Waals surface area contributed by atoms with Crippen molar-refractivity contribution in [2.24, 2.45) is 5.41 Å². The number of benzene rings is 3. The van der Waals surface area contributed by atoms with Crippen LogP contribution in [-0.2, 0) is 36.9 Å². The van der Waals surface area contributed by atoms with Gasteiger partial charge in [0.1, 0.15) is 30.5 Å². The molecule has 2 saturated heterocycles. The number of rotatable bonds is 25. The van der Waals surface area contributed by atoms with Crippen LogP contribution in [-0.4, -0.2) is 146 Å². The molecule has 1 saturated carbocycles. The van der Waals surface area contributed by atoms with Crippen LogP contribution in [0.5, 0.6) is 11.8 Å². The Kier molecular flexibility index (Phi) is 18.5. The van der Waals surface area contributed by atoms with E-state index in [1.807, 2.05) is 55.7 Å². The zero-order valence-corrected chi connectivity index (χ0v) is 48.8. The van der Waals surface area contributed by atoms with E-state index in [4.69, 9.17) is 33.9 Å². The summed E-state index contributed by atoms with van der Waals surface area (Å²) in [5.74, 6) is -0.541. The number of pyridine rings is 1. The van der Waals surface area contributed by atoms with Gasteiger partial charge in [0.2, 0.25) is 17.8 Å². The number of thiazole rings is 1. The molecule has 6 N–H and O–H groups in total. The normalized spacial score (nSPS) is 18.1. The summed E-state index contributed by atoms with van der Waals surface area (Å²) in [5.41, 5.74) is 7.12. The summed E-state index contributed by atoms with van der Waals surface area (Å²) in [6.45, 7) is 15.9. The molecule has 440 valence electrons. The summed E-state index contributed by atoms with van der Waals surface area (Å²) >= 11 is 1.51. The lowest BCUT2D eigenvalue weighted by Gasteiger charge is -2.35. The highest BCUT2D eigenvalue weighted by molar-refractivity contribution is 7.13. The van der Waals surface area contributed by atoms with Gasteiger partial charge < -0.3 is 55.5 Å². The number of aryl methyl sites for hydroxylation is 1. The van der Waals surface area contributed by atoms with E-state index in [1.165, 1.54) is 16.2 Å². The monoisotopic (exact) mass is 1150 g/mol. The van der Waals surface area contributed by atoms with Gasteiger partial charge in [-0.3, -0.25) is 19.4 Å². The lowest BCUT2D eigenvalue weighted by molar-refractivity contribution is -0.145. The molecule has 10 rings (SSSR count). The van der Waals surface area contributed by atoms with E-state index >= 15 is 0 Å². The second-order valence-electron chi connectivity index (χ2n) is 23.0. The third kappa shape index (κ3) is 14.2. The third-order valence-electron chi connectivity index (χ3n) is 15.3. The number of fused-ring (bicyclic) bond motifs is 2. The first-order valence-corrected chi connectivity index (χ1v) is 29.6. The average molecular weight is 1160 g/mol. The number of nitrogens with zero attached hydrogens (tertiary/aromatic N) is 7. The van der Waals surface area contributed by atoms with Crippen molar-refractivity contribution in [3.8, 4) is 33.5 Å². The van der Waals surface area contributed by atoms with Crippen molar-refractivity contribution in [3.63, 3.8) is 0 Å². The number of carbonyl (C=O) groups is 3. The summed E-state index contributed by atoms with van der Waals surface area (Å²) in [6.07, 6.45) is 4.95. The molecule has 7 aromatic rings. The maximum atomic E-state index is 14.7. The van der Waals surface area contributed by atoms with Crippen LogP contribution in [0.1, 0.15) is 95.0 Å². The second kappa shape index (κ2) is 26.0. The minimum atomic E-state index is -1.98. The van der Waals surface area contributed by atoms with Crippen LogP contribution in [0.15, 0.2) is 84.6 Å². The Morgan fingerprint density at radius 1 is 0.940 bits per heavy atom. The van der Waals surface area contributed by atoms with Gasteiger partial charge in [0.25, 0.3) is 5.91 Å². The van der Waals surface area contributed by atoms with E-state index in [0.717, 1.165) is 86.6 Å². The van der Waals surface area contributed by atoms with E-state index in [1.54, 1.807) is 30.8 Å². The molecular weight excluding hydrogens is 1080 g/mol. The van der Waals surface area contributed by atoms with Crippen molar-refractivity contribution < 1.29 is 42.8 Å². The number of likely N-dealkylation sites (tertiary alicyclic amines) is 1. The summed E-state index contributed by atoms with van der Waals surface area (Å²) in [5, 5.41) is 33.4. The summed E-state index contributed by atoms with van der Waals surface area (Å²) < 4.78 is 40.9. The maximum absolute atomic E-state index is 14.7. The molecule has 0 spiro atoms. The number of anilines is 2. The zero-order chi connectivity index (χ0) is 58.3. The number of ether oxygens (including phenoxy) is 4. The number of amides is 3. The predicted molar refractivity (Wildman–Crippen MR) is 316 cm³/mol. The number of aromatic nitrogens is 6. The molecule has 3 aliphatic rings. The summed E-state index contributed by atoms with van der Waals surface area (Å²) in [7, 11) is 0. The number of aliphatic hydroxyl groups is 1. The van der Waals surface area contributed by atoms with Crippen LogP contribution in [0.4, 0.5) is 16.0 Å². The quantitative estimate of drug-likeness (QED) is 0.0300. The van der Waals surface area contributed by atoms with Gasteiger partial charge in [0.05, 0.1) is 60.5 Å². The minimum absolute atomic E-state index is 0.000511. The number of halogens is 1. The van der Waals surface area contributed by atoms with E-state index in [9.17, 15) is 23.9 Å². The first-order valence-electron chi connectivity index (χ1n) is 28.7. The predicted octanol–water partition coefficient (Wildman–Crippen LogP) is 7.77. The first-order chi connectivity index (χ1) is 40.0. The fourth-order valence-electron chi connectivity index (χ4n) is 10.5. The molecule has 3 aromatic carbocycles. The highest BCUT2D eigenvalue weighted by atomic mass is 32.1. The van der Waals surface area contributed by atoms with Gasteiger partial charge >= 0.3 is 6.01 Å². The smallest absolute Gasteiger partial charge is 0.322 e. The van der Waals surface area contributed by atoms with Crippen LogP contribution >= 0.6 is 11.3 Å². The van der Waals surface area contributed by atoms with Gasteiger partial charge in [-0.05, 0) is 91.3 Å². The zero-order valence-electron chi connectivity index (χ0n) is 48.0. The highest BCUT2D eigenvalue weighted by Crippen LogP contribution is 2.41. The Hall–Kier alpha value is -7.37. The molecular formula is C61H75FN12O8S. The van der Waals surface area contributed by atoms with Crippen molar-refractivity contribution in [1.29, 1.82) is 0 Å². The van der Waals surface area contributed by atoms with Crippen LogP contribution in [0, 0.1) is 12.3 Å². The van der Waals surface area contributed by atoms with Gasteiger partial charge in [0.15, 0.2) is 11.3 Å². The molecule has 0 radical (unpaired) electrons. The number of β-amino-alcohol motifs (C(OH)–C–C–N with tert-alkyl or cyclic N) is 1. The van der Waals surface area contributed by atoms with Gasteiger partial charge in [-0.15, -0.1) is 11.3 Å². The van der Waals surface area contributed by atoms with Crippen molar-refractivity contribution in [2.75, 3.05) is 69.8 Å². The molecule has 3 fully saturated rings. The van der Waals surface area contributed by atoms with E-state index in [-0.39, 0.29) is 57.6 Å². The van der Waals surface area contributed by atoms with E-state index < -0.39 is 47.0 Å². The number of hydrogen-bond donors (Lipinski definition) is 6.